The van der Waals surface area contributed by atoms with Gasteiger partial charge in [-0.2, -0.15) is 4.31 Å². The molecule has 0 saturated carbocycles. The third-order valence-corrected chi connectivity index (χ3v) is 8.38. The van der Waals surface area contributed by atoms with Crippen molar-refractivity contribution in [3.63, 3.8) is 0 Å². The molecule has 8 heteroatoms. The van der Waals surface area contributed by atoms with Crippen LogP contribution in [-0.2, 0) is 14.8 Å². The van der Waals surface area contributed by atoms with E-state index in [2.05, 4.69) is 4.90 Å². The van der Waals surface area contributed by atoms with Gasteiger partial charge in [-0.05, 0) is 64.0 Å². The molecule has 2 aliphatic rings. The van der Waals surface area contributed by atoms with Crippen LogP contribution in [0.4, 0.5) is 0 Å². The summed E-state index contributed by atoms with van der Waals surface area (Å²) in [5.41, 5.74) is 3.24. The molecule has 3 heterocycles. The van der Waals surface area contributed by atoms with E-state index in [1.807, 2.05) is 30.5 Å². The highest BCUT2D eigenvalue weighted by Crippen LogP contribution is 2.25. The van der Waals surface area contributed by atoms with Crippen molar-refractivity contribution in [2.75, 3.05) is 45.9 Å². The molecule has 2 fully saturated rings. The van der Waals surface area contributed by atoms with Gasteiger partial charge in [0.05, 0.1) is 24.7 Å². The van der Waals surface area contributed by atoms with Crippen LogP contribution in [0.3, 0.4) is 0 Å². The summed E-state index contributed by atoms with van der Waals surface area (Å²) in [6.07, 6.45) is 4.78. The van der Waals surface area contributed by atoms with Gasteiger partial charge in [0.1, 0.15) is 0 Å². The van der Waals surface area contributed by atoms with Crippen molar-refractivity contribution in [3.05, 3.63) is 47.3 Å². The average molecular weight is 460 g/mol. The number of hydrogen-bond acceptors (Lipinski definition) is 5. The molecule has 2 aromatic rings. The van der Waals surface area contributed by atoms with Gasteiger partial charge in [0.25, 0.3) is 0 Å². The van der Waals surface area contributed by atoms with Crippen molar-refractivity contribution < 1.29 is 17.9 Å². The molecular formula is C24H33N3O4S. The maximum Gasteiger partial charge on any atom is 0.243 e. The molecule has 174 valence electrons. The monoisotopic (exact) mass is 459 g/mol. The van der Waals surface area contributed by atoms with Gasteiger partial charge in [-0.1, -0.05) is 18.9 Å². The summed E-state index contributed by atoms with van der Waals surface area (Å²) >= 11 is 0. The Morgan fingerprint density at radius 3 is 2.34 bits per heavy atom. The fraction of sp³-hybridized carbons (Fsp3) is 0.542. The maximum absolute atomic E-state index is 13.1. The molecule has 0 atom stereocenters. The highest BCUT2D eigenvalue weighted by molar-refractivity contribution is 7.89. The summed E-state index contributed by atoms with van der Waals surface area (Å²) < 4.78 is 35.0. The SMILES string of the molecule is Cc1cc(C(=O)CN2CCCCCC2)c(C)n1-c1cccc(S(=O)(=O)N2CCOCC2)c1. The predicted molar refractivity (Wildman–Crippen MR) is 124 cm³/mol. The van der Waals surface area contributed by atoms with E-state index in [9.17, 15) is 13.2 Å². The zero-order chi connectivity index (χ0) is 22.7. The summed E-state index contributed by atoms with van der Waals surface area (Å²) in [5, 5.41) is 0. The first-order valence-corrected chi connectivity index (χ1v) is 12.9. The number of likely N-dealkylation sites (tertiary alicyclic amines) is 1. The van der Waals surface area contributed by atoms with Crippen molar-refractivity contribution in [3.8, 4) is 5.69 Å². The summed E-state index contributed by atoms with van der Waals surface area (Å²) in [5.74, 6) is 0.128. The summed E-state index contributed by atoms with van der Waals surface area (Å²) in [6, 6.07) is 8.92. The largest absolute Gasteiger partial charge is 0.379 e. The standard InChI is InChI=1S/C24H33N3O4S/c1-19-16-23(24(28)18-25-10-5-3-4-6-11-25)20(2)27(19)21-8-7-9-22(17-21)32(29,30)26-12-14-31-15-13-26/h7-9,16-17H,3-6,10-15,18H2,1-2H3. The Labute approximate surface area is 191 Å². The van der Waals surface area contributed by atoms with Gasteiger partial charge in [0.15, 0.2) is 5.78 Å². The van der Waals surface area contributed by atoms with E-state index < -0.39 is 10.0 Å². The lowest BCUT2D eigenvalue weighted by molar-refractivity contribution is 0.0730. The molecule has 1 aromatic carbocycles. The fourth-order valence-corrected chi connectivity index (χ4v) is 6.19. The number of rotatable bonds is 6. The van der Waals surface area contributed by atoms with Gasteiger partial charge in [0, 0.05) is 35.7 Å². The number of hydrogen-bond donors (Lipinski definition) is 0. The topological polar surface area (TPSA) is 71.9 Å². The Hall–Kier alpha value is -2.00. The number of carbonyl (C=O) groups is 1. The molecule has 0 bridgehead atoms. The molecule has 0 amide bonds. The zero-order valence-electron chi connectivity index (χ0n) is 19.0. The van der Waals surface area contributed by atoms with E-state index in [0.717, 1.165) is 43.0 Å². The number of ketones is 1. The molecule has 32 heavy (non-hydrogen) atoms. The van der Waals surface area contributed by atoms with Crippen LogP contribution in [0.15, 0.2) is 35.2 Å². The van der Waals surface area contributed by atoms with Crippen LogP contribution in [0, 0.1) is 13.8 Å². The summed E-state index contributed by atoms with van der Waals surface area (Å²) in [6.45, 7) is 7.85. The molecule has 0 N–H and O–H groups in total. The summed E-state index contributed by atoms with van der Waals surface area (Å²) in [4.78, 5) is 15.6. The molecule has 1 aromatic heterocycles. The molecule has 0 spiro atoms. The van der Waals surface area contributed by atoms with E-state index in [-0.39, 0.29) is 10.7 Å². The first-order valence-electron chi connectivity index (χ1n) is 11.5. The highest BCUT2D eigenvalue weighted by Gasteiger charge is 2.27. The second kappa shape index (κ2) is 9.87. The number of carbonyl (C=O) groups excluding carboxylic acids is 1. The molecule has 2 aliphatic heterocycles. The Bertz CT molecular complexity index is 1060. The summed E-state index contributed by atoms with van der Waals surface area (Å²) in [7, 11) is -3.58. The Morgan fingerprint density at radius 1 is 0.969 bits per heavy atom. The van der Waals surface area contributed by atoms with Crippen molar-refractivity contribution in [1.82, 2.24) is 13.8 Å². The molecule has 4 rings (SSSR count). The van der Waals surface area contributed by atoms with Gasteiger partial charge < -0.3 is 9.30 Å². The van der Waals surface area contributed by atoms with Crippen LogP contribution >= 0.6 is 0 Å². The van der Waals surface area contributed by atoms with Gasteiger partial charge in [-0.3, -0.25) is 9.69 Å². The smallest absolute Gasteiger partial charge is 0.243 e. The Morgan fingerprint density at radius 2 is 1.66 bits per heavy atom. The normalized spacial score (nSPS) is 19.1. The molecule has 7 nitrogen and oxygen atoms in total. The number of nitrogens with zero attached hydrogens (tertiary/aromatic N) is 3. The van der Waals surface area contributed by atoms with Crippen molar-refractivity contribution in [2.24, 2.45) is 0 Å². The lowest BCUT2D eigenvalue weighted by Crippen LogP contribution is -2.40. The quantitative estimate of drug-likeness (QED) is 0.621. The van der Waals surface area contributed by atoms with Crippen molar-refractivity contribution in [2.45, 2.75) is 44.4 Å². The fourth-order valence-electron chi connectivity index (χ4n) is 4.74. The average Bonchev–Trinajstić information content (AvgIpc) is 2.94. The molecule has 0 radical (unpaired) electrons. The third kappa shape index (κ3) is 4.83. The number of aromatic nitrogens is 1. The van der Waals surface area contributed by atoms with Gasteiger partial charge in [-0.25, -0.2) is 8.42 Å². The number of morpholine rings is 1. The number of benzene rings is 1. The minimum Gasteiger partial charge on any atom is -0.379 e. The lowest BCUT2D eigenvalue weighted by atomic mass is 10.1. The van der Waals surface area contributed by atoms with Crippen LogP contribution < -0.4 is 0 Å². The molecular weight excluding hydrogens is 426 g/mol. The van der Waals surface area contributed by atoms with Crippen LogP contribution in [0.1, 0.15) is 47.4 Å². The van der Waals surface area contributed by atoms with E-state index in [1.54, 1.807) is 18.2 Å². The Balaban J connectivity index is 1.60. The second-order valence-electron chi connectivity index (χ2n) is 8.75. The van der Waals surface area contributed by atoms with E-state index in [4.69, 9.17) is 4.74 Å². The van der Waals surface area contributed by atoms with E-state index in [1.165, 1.54) is 17.1 Å². The zero-order valence-corrected chi connectivity index (χ0v) is 19.9. The van der Waals surface area contributed by atoms with Crippen molar-refractivity contribution in [1.29, 1.82) is 0 Å². The maximum atomic E-state index is 13.1. The lowest BCUT2D eigenvalue weighted by Gasteiger charge is -2.26. The number of ether oxygens (including phenoxy) is 1. The number of Topliss-reactive ketones (excluding diaryl/α,β-unsaturated/α-hetero) is 1. The van der Waals surface area contributed by atoms with Crippen molar-refractivity contribution >= 4 is 15.8 Å². The Kier molecular flexibility index (Phi) is 7.14. The third-order valence-electron chi connectivity index (χ3n) is 6.48. The van der Waals surface area contributed by atoms with Crippen LogP contribution in [0.2, 0.25) is 0 Å². The van der Waals surface area contributed by atoms with Gasteiger partial charge in [0.2, 0.25) is 10.0 Å². The van der Waals surface area contributed by atoms with E-state index in [0.29, 0.717) is 38.4 Å². The number of sulfonamides is 1. The van der Waals surface area contributed by atoms with Crippen LogP contribution in [-0.4, -0.2) is 73.9 Å². The van der Waals surface area contributed by atoms with Crippen LogP contribution in [0.25, 0.3) is 5.69 Å². The van der Waals surface area contributed by atoms with Crippen LogP contribution in [0.5, 0.6) is 0 Å². The van der Waals surface area contributed by atoms with Gasteiger partial charge in [-0.15, -0.1) is 0 Å². The second-order valence-corrected chi connectivity index (χ2v) is 10.7. The molecule has 0 unspecified atom stereocenters. The molecule has 0 aliphatic carbocycles. The minimum atomic E-state index is -3.58. The number of aryl methyl sites for hydroxylation is 1. The highest BCUT2D eigenvalue weighted by atomic mass is 32.2. The minimum absolute atomic E-state index is 0.128. The van der Waals surface area contributed by atoms with Gasteiger partial charge >= 0.3 is 0 Å². The van der Waals surface area contributed by atoms with E-state index >= 15 is 0 Å². The first-order chi connectivity index (χ1) is 15.4. The first kappa shape index (κ1) is 23.2. The molecule has 2 saturated heterocycles. The predicted octanol–water partition coefficient (Wildman–Crippen LogP) is 3.17.